The summed E-state index contributed by atoms with van der Waals surface area (Å²) < 4.78 is 0. The zero-order chi connectivity index (χ0) is 10.6. The fourth-order valence-corrected chi connectivity index (χ4v) is 1.25. The van der Waals surface area contributed by atoms with E-state index in [9.17, 15) is 10.0 Å². The van der Waals surface area contributed by atoms with Crippen LogP contribution in [0.2, 0.25) is 0 Å². The highest BCUT2D eigenvalue weighted by Gasteiger charge is 2.17. The van der Waals surface area contributed by atoms with Crippen molar-refractivity contribution in [3.05, 3.63) is 35.9 Å². The Bertz CT molecular complexity index is 297. The van der Waals surface area contributed by atoms with Crippen LogP contribution in [0, 0.1) is 0 Å². The molecule has 0 heterocycles. The van der Waals surface area contributed by atoms with Crippen molar-refractivity contribution in [2.75, 3.05) is 0 Å². The zero-order valence-corrected chi connectivity index (χ0v) is 8.47. The Kier molecular flexibility index (Phi) is 3.65. The van der Waals surface area contributed by atoms with Gasteiger partial charge >= 0.3 is 0 Å². The summed E-state index contributed by atoms with van der Waals surface area (Å²) in [5.41, 5.74) is 0.928. The highest BCUT2D eigenvalue weighted by atomic mass is 16.5. The molecule has 1 atom stereocenters. The largest absolute Gasteiger partial charge is 0.285 e. The molecule has 1 rings (SSSR count). The number of amides is 1. The number of hydroxylamine groups is 2. The van der Waals surface area contributed by atoms with E-state index < -0.39 is 0 Å². The lowest BCUT2D eigenvalue weighted by atomic mass is 10.1. The first-order valence-electron chi connectivity index (χ1n) is 4.72. The molecule has 0 unspecified atom stereocenters. The lowest BCUT2D eigenvalue weighted by Crippen LogP contribution is -2.29. The highest BCUT2D eigenvalue weighted by Crippen LogP contribution is 2.18. The molecule has 0 spiro atoms. The zero-order valence-electron chi connectivity index (χ0n) is 8.47. The van der Waals surface area contributed by atoms with Crippen LogP contribution in [0.15, 0.2) is 30.3 Å². The van der Waals surface area contributed by atoms with E-state index >= 15 is 0 Å². The standard InChI is InChI=1S/C11H15NO2/c1-3-11(13)12(14)9(2)10-7-5-4-6-8-10/h4-9,14H,3H2,1-2H3/t9-/m1/s1. The van der Waals surface area contributed by atoms with E-state index in [4.69, 9.17) is 0 Å². The number of rotatable bonds is 3. The molecule has 1 aromatic rings. The summed E-state index contributed by atoms with van der Waals surface area (Å²) in [5, 5.41) is 10.3. The molecule has 0 aliphatic heterocycles. The van der Waals surface area contributed by atoms with E-state index in [0.29, 0.717) is 6.42 Å². The van der Waals surface area contributed by atoms with Gasteiger partial charge in [0.2, 0.25) is 5.91 Å². The van der Waals surface area contributed by atoms with Gasteiger partial charge in [0.15, 0.2) is 0 Å². The van der Waals surface area contributed by atoms with Crippen LogP contribution < -0.4 is 0 Å². The van der Waals surface area contributed by atoms with Crippen molar-refractivity contribution in [1.82, 2.24) is 5.06 Å². The molecular formula is C11H15NO2. The molecule has 14 heavy (non-hydrogen) atoms. The topological polar surface area (TPSA) is 40.5 Å². The maximum atomic E-state index is 11.2. The Morgan fingerprint density at radius 3 is 2.50 bits per heavy atom. The summed E-state index contributed by atoms with van der Waals surface area (Å²) in [6.07, 6.45) is 0.313. The lowest BCUT2D eigenvalue weighted by molar-refractivity contribution is -0.174. The van der Waals surface area contributed by atoms with Gasteiger partial charge in [-0.05, 0) is 12.5 Å². The van der Waals surface area contributed by atoms with Crippen molar-refractivity contribution in [3.63, 3.8) is 0 Å². The van der Waals surface area contributed by atoms with Gasteiger partial charge in [-0.15, -0.1) is 0 Å². The van der Waals surface area contributed by atoms with Crippen LogP contribution in [-0.4, -0.2) is 16.2 Å². The predicted molar refractivity (Wildman–Crippen MR) is 53.8 cm³/mol. The van der Waals surface area contributed by atoms with Gasteiger partial charge < -0.3 is 0 Å². The molecule has 0 saturated carbocycles. The van der Waals surface area contributed by atoms with Crippen molar-refractivity contribution >= 4 is 5.91 Å². The van der Waals surface area contributed by atoms with Gasteiger partial charge in [-0.1, -0.05) is 37.3 Å². The first-order valence-corrected chi connectivity index (χ1v) is 4.72. The van der Waals surface area contributed by atoms with Crippen molar-refractivity contribution in [3.8, 4) is 0 Å². The molecule has 0 bridgehead atoms. The third kappa shape index (κ3) is 2.33. The minimum atomic E-state index is -0.288. The van der Waals surface area contributed by atoms with Crippen molar-refractivity contribution in [2.45, 2.75) is 26.3 Å². The molecule has 0 aliphatic rings. The van der Waals surface area contributed by atoms with Gasteiger partial charge in [0.1, 0.15) is 0 Å². The van der Waals surface area contributed by atoms with E-state index in [-0.39, 0.29) is 11.9 Å². The summed E-state index contributed by atoms with van der Waals surface area (Å²) in [6, 6.07) is 9.16. The Hall–Kier alpha value is -1.35. The fourth-order valence-electron chi connectivity index (χ4n) is 1.25. The lowest BCUT2D eigenvalue weighted by Gasteiger charge is -2.22. The summed E-state index contributed by atoms with van der Waals surface area (Å²) in [5.74, 6) is -0.263. The monoisotopic (exact) mass is 193 g/mol. The van der Waals surface area contributed by atoms with Crippen molar-refractivity contribution in [1.29, 1.82) is 0 Å². The molecule has 1 N–H and O–H groups in total. The van der Waals surface area contributed by atoms with Crippen LogP contribution >= 0.6 is 0 Å². The second-order valence-corrected chi connectivity index (χ2v) is 3.18. The van der Waals surface area contributed by atoms with E-state index in [0.717, 1.165) is 10.6 Å². The molecule has 76 valence electrons. The molecule has 0 fully saturated rings. The normalized spacial score (nSPS) is 12.2. The van der Waals surface area contributed by atoms with Gasteiger partial charge in [-0.3, -0.25) is 10.0 Å². The SMILES string of the molecule is CCC(=O)N(O)[C@H](C)c1ccccc1. The highest BCUT2D eigenvalue weighted by molar-refractivity contribution is 5.74. The van der Waals surface area contributed by atoms with Gasteiger partial charge in [-0.2, -0.15) is 0 Å². The predicted octanol–water partition coefficient (Wildman–Crippen LogP) is 2.38. The Balaban J connectivity index is 2.75. The molecule has 0 aliphatic carbocycles. The third-order valence-electron chi connectivity index (χ3n) is 2.21. The molecule has 1 amide bonds. The summed E-state index contributed by atoms with van der Waals surface area (Å²) in [4.78, 5) is 11.2. The van der Waals surface area contributed by atoms with Crippen LogP contribution in [0.25, 0.3) is 0 Å². The van der Waals surface area contributed by atoms with Gasteiger partial charge in [-0.25, -0.2) is 5.06 Å². The van der Waals surface area contributed by atoms with Crippen molar-refractivity contribution < 1.29 is 10.0 Å². The summed E-state index contributed by atoms with van der Waals surface area (Å²) >= 11 is 0. The minimum Gasteiger partial charge on any atom is -0.285 e. The number of hydrogen-bond acceptors (Lipinski definition) is 2. The fraction of sp³-hybridized carbons (Fsp3) is 0.364. The minimum absolute atomic E-state index is 0.263. The average molecular weight is 193 g/mol. The first kappa shape index (κ1) is 10.7. The van der Waals surface area contributed by atoms with Crippen LogP contribution in [0.4, 0.5) is 0 Å². The smallest absolute Gasteiger partial charge is 0.246 e. The van der Waals surface area contributed by atoms with Gasteiger partial charge in [0.25, 0.3) is 0 Å². The molecule has 0 saturated heterocycles. The summed E-state index contributed by atoms with van der Waals surface area (Å²) in [6.45, 7) is 3.52. The molecule has 1 aromatic carbocycles. The molecule has 0 radical (unpaired) electrons. The molecular weight excluding hydrogens is 178 g/mol. The quantitative estimate of drug-likeness (QED) is 0.591. The van der Waals surface area contributed by atoms with E-state index in [1.165, 1.54) is 0 Å². The third-order valence-corrected chi connectivity index (χ3v) is 2.21. The number of benzene rings is 1. The summed E-state index contributed by atoms with van der Waals surface area (Å²) in [7, 11) is 0. The van der Waals surface area contributed by atoms with E-state index in [2.05, 4.69) is 0 Å². The number of carbonyl (C=O) groups is 1. The van der Waals surface area contributed by atoms with Crippen LogP contribution in [0.5, 0.6) is 0 Å². The second kappa shape index (κ2) is 4.77. The van der Waals surface area contributed by atoms with Crippen molar-refractivity contribution in [2.24, 2.45) is 0 Å². The maximum Gasteiger partial charge on any atom is 0.246 e. The Morgan fingerprint density at radius 1 is 1.43 bits per heavy atom. The van der Waals surface area contributed by atoms with Gasteiger partial charge in [0.05, 0.1) is 6.04 Å². The Labute approximate surface area is 83.9 Å². The molecule has 0 aromatic heterocycles. The maximum absolute atomic E-state index is 11.2. The number of hydrogen-bond donors (Lipinski definition) is 1. The van der Waals surface area contributed by atoms with Gasteiger partial charge in [0, 0.05) is 6.42 Å². The van der Waals surface area contributed by atoms with E-state index in [1.54, 1.807) is 13.8 Å². The van der Waals surface area contributed by atoms with E-state index in [1.807, 2.05) is 30.3 Å². The van der Waals surface area contributed by atoms with Crippen LogP contribution in [0.1, 0.15) is 31.9 Å². The number of carbonyl (C=O) groups excluding carboxylic acids is 1. The molecule has 3 nitrogen and oxygen atoms in total. The van der Waals surface area contributed by atoms with Crippen LogP contribution in [-0.2, 0) is 4.79 Å². The second-order valence-electron chi connectivity index (χ2n) is 3.18. The Morgan fingerprint density at radius 2 is 2.00 bits per heavy atom. The number of nitrogens with zero attached hydrogens (tertiary/aromatic N) is 1. The first-order chi connectivity index (χ1) is 6.66. The average Bonchev–Trinajstić information content (AvgIpc) is 2.27. The van der Waals surface area contributed by atoms with Crippen LogP contribution in [0.3, 0.4) is 0 Å². The molecule has 3 heteroatoms.